The number of nitrogens with zero attached hydrogens (tertiary/aromatic N) is 1. The fourth-order valence-electron chi connectivity index (χ4n) is 2.73. The van der Waals surface area contributed by atoms with Crippen molar-refractivity contribution in [3.63, 3.8) is 0 Å². The zero-order valence-corrected chi connectivity index (χ0v) is 17.5. The molecule has 0 aliphatic heterocycles. The summed E-state index contributed by atoms with van der Waals surface area (Å²) < 4.78 is 32.0. The summed E-state index contributed by atoms with van der Waals surface area (Å²) in [5.41, 5.74) is 1.15. The number of fused-ring (bicyclic) bond motifs is 1. The average Bonchev–Trinajstić information content (AvgIpc) is 3.11. The number of rotatable bonds is 7. The van der Waals surface area contributed by atoms with Crippen molar-refractivity contribution in [1.29, 1.82) is 0 Å². The number of amides is 1. The van der Waals surface area contributed by atoms with E-state index in [1.807, 2.05) is 0 Å². The molecule has 1 heterocycles. The lowest BCUT2D eigenvalue weighted by atomic mass is 10.2. The van der Waals surface area contributed by atoms with Crippen LogP contribution in [0.3, 0.4) is 0 Å². The van der Waals surface area contributed by atoms with Crippen molar-refractivity contribution < 1.29 is 22.7 Å². The van der Waals surface area contributed by atoms with Gasteiger partial charge in [0.2, 0.25) is 10.0 Å². The number of aromatic amines is 1. The number of ether oxygens (including phenoxy) is 1. The van der Waals surface area contributed by atoms with Gasteiger partial charge in [0.15, 0.2) is 11.8 Å². The van der Waals surface area contributed by atoms with E-state index in [2.05, 4.69) is 20.2 Å². The van der Waals surface area contributed by atoms with Gasteiger partial charge in [0.25, 0.3) is 5.91 Å². The van der Waals surface area contributed by atoms with Crippen molar-refractivity contribution in [3.8, 4) is 0 Å². The number of carbonyl (C=O) groups excluding carboxylic acids is 2. The van der Waals surface area contributed by atoms with Gasteiger partial charge >= 0.3 is 5.97 Å². The Morgan fingerprint density at radius 3 is 2.37 bits per heavy atom. The van der Waals surface area contributed by atoms with Crippen molar-refractivity contribution in [2.45, 2.75) is 37.8 Å². The minimum absolute atomic E-state index is 0.0825. The van der Waals surface area contributed by atoms with Crippen molar-refractivity contribution in [2.24, 2.45) is 0 Å². The molecule has 158 valence electrons. The predicted octanol–water partition coefficient (Wildman–Crippen LogP) is 2.43. The van der Waals surface area contributed by atoms with E-state index in [4.69, 9.17) is 4.74 Å². The van der Waals surface area contributed by atoms with E-state index in [0.717, 1.165) is 0 Å². The Balaban J connectivity index is 1.63. The summed E-state index contributed by atoms with van der Waals surface area (Å²) in [6, 6.07) is 12.5. The van der Waals surface area contributed by atoms with Crippen LogP contribution in [0.2, 0.25) is 0 Å². The number of aromatic nitrogens is 2. The summed E-state index contributed by atoms with van der Waals surface area (Å²) >= 11 is 0. The first-order chi connectivity index (χ1) is 14.2. The summed E-state index contributed by atoms with van der Waals surface area (Å²) in [5, 5.41) is 9.87. The second-order valence-corrected chi connectivity index (χ2v) is 8.67. The fraction of sp³-hybridized carbons (Fsp3) is 0.250. The Morgan fingerprint density at radius 2 is 1.70 bits per heavy atom. The first kappa shape index (κ1) is 21.5. The Labute approximate surface area is 173 Å². The van der Waals surface area contributed by atoms with E-state index in [-0.39, 0.29) is 16.6 Å². The molecular formula is C20H22N4O5S. The van der Waals surface area contributed by atoms with Crippen LogP contribution in [0.5, 0.6) is 0 Å². The van der Waals surface area contributed by atoms with Crippen molar-refractivity contribution in [1.82, 2.24) is 14.9 Å². The number of para-hydroxylation sites is 1. The summed E-state index contributed by atoms with van der Waals surface area (Å²) in [5.74, 6) is -1.28. The molecule has 0 bridgehead atoms. The van der Waals surface area contributed by atoms with Crippen LogP contribution in [0.15, 0.2) is 53.4 Å². The largest absolute Gasteiger partial charge is 0.448 e. The van der Waals surface area contributed by atoms with E-state index < -0.39 is 28.0 Å². The minimum Gasteiger partial charge on any atom is -0.448 e. The second kappa shape index (κ2) is 8.64. The number of esters is 1. The van der Waals surface area contributed by atoms with E-state index >= 15 is 0 Å². The van der Waals surface area contributed by atoms with Crippen LogP contribution in [0.4, 0.5) is 5.69 Å². The smallest absolute Gasteiger partial charge is 0.360 e. The molecule has 3 aromatic rings. The van der Waals surface area contributed by atoms with E-state index in [0.29, 0.717) is 16.6 Å². The van der Waals surface area contributed by atoms with E-state index in [1.54, 1.807) is 38.1 Å². The van der Waals surface area contributed by atoms with Gasteiger partial charge in [-0.3, -0.25) is 9.89 Å². The minimum atomic E-state index is -3.62. The van der Waals surface area contributed by atoms with Gasteiger partial charge in [0.1, 0.15) is 0 Å². The number of H-pyrrole nitrogens is 1. The van der Waals surface area contributed by atoms with Gasteiger partial charge in [0.05, 0.1) is 10.4 Å². The molecule has 30 heavy (non-hydrogen) atoms. The van der Waals surface area contributed by atoms with Crippen LogP contribution < -0.4 is 10.0 Å². The quantitative estimate of drug-likeness (QED) is 0.494. The normalized spacial score (nSPS) is 12.7. The molecule has 10 heteroatoms. The zero-order chi connectivity index (χ0) is 21.9. The number of anilines is 1. The Kier molecular flexibility index (Phi) is 6.18. The molecule has 1 aromatic heterocycles. The van der Waals surface area contributed by atoms with Crippen molar-refractivity contribution >= 4 is 38.5 Å². The van der Waals surface area contributed by atoms with Crippen LogP contribution in [0.1, 0.15) is 31.3 Å². The molecule has 1 atom stereocenters. The molecule has 0 radical (unpaired) electrons. The molecule has 0 spiro atoms. The van der Waals surface area contributed by atoms with Crippen LogP contribution in [0.25, 0.3) is 10.9 Å². The van der Waals surface area contributed by atoms with Crippen LogP contribution in [0, 0.1) is 0 Å². The average molecular weight is 430 g/mol. The molecule has 2 aromatic carbocycles. The van der Waals surface area contributed by atoms with Crippen LogP contribution in [-0.2, 0) is 19.6 Å². The highest BCUT2D eigenvalue weighted by Gasteiger charge is 2.22. The molecule has 0 fully saturated rings. The third-order valence-electron chi connectivity index (χ3n) is 4.14. The van der Waals surface area contributed by atoms with Gasteiger partial charge in [-0.15, -0.1) is 0 Å². The highest BCUT2D eigenvalue weighted by atomic mass is 32.2. The van der Waals surface area contributed by atoms with Gasteiger partial charge in [-0.25, -0.2) is 17.9 Å². The van der Waals surface area contributed by atoms with Gasteiger partial charge in [-0.05, 0) is 51.1 Å². The molecule has 0 aliphatic rings. The van der Waals surface area contributed by atoms with Crippen molar-refractivity contribution in [2.75, 3.05) is 5.32 Å². The standard InChI is InChI=1S/C20H22N4O5S/c1-12(2)24-30(27,28)15-10-8-14(9-11-15)21-19(25)13(3)29-20(26)18-16-6-4-5-7-17(16)22-23-18/h4-13,24H,1-3H3,(H,21,25)(H,22,23)/t13-/m1/s1. The second-order valence-electron chi connectivity index (χ2n) is 6.95. The number of benzene rings is 2. The van der Waals surface area contributed by atoms with E-state index in [1.165, 1.54) is 31.2 Å². The van der Waals surface area contributed by atoms with Gasteiger partial charge in [-0.1, -0.05) is 18.2 Å². The fourth-order valence-corrected chi connectivity index (χ4v) is 3.98. The highest BCUT2D eigenvalue weighted by molar-refractivity contribution is 7.89. The zero-order valence-electron chi connectivity index (χ0n) is 16.7. The maximum atomic E-state index is 12.4. The molecule has 3 rings (SSSR count). The first-order valence-electron chi connectivity index (χ1n) is 9.24. The predicted molar refractivity (Wildman–Crippen MR) is 112 cm³/mol. The van der Waals surface area contributed by atoms with Gasteiger partial charge < -0.3 is 10.1 Å². The maximum absolute atomic E-state index is 12.4. The lowest BCUT2D eigenvalue weighted by molar-refractivity contribution is -0.123. The van der Waals surface area contributed by atoms with Gasteiger partial charge in [-0.2, -0.15) is 5.10 Å². The summed E-state index contributed by atoms with van der Waals surface area (Å²) in [6.07, 6.45) is -1.08. The molecule has 0 aliphatic carbocycles. The molecule has 0 saturated carbocycles. The SMILES string of the molecule is CC(C)NS(=O)(=O)c1ccc(NC(=O)[C@@H](C)OC(=O)c2n[nH]c3ccccc23)cc1. The Hall–Kier alpha value is -3.24. The van der Waals surface area contributed by atoms with Crippen molar-refractivity contribution in [3.05, 3.63) is 54.2 Å². The topological polar surface area (TPSA) is 130 Å². The third kappa shape index (κ3) is 4.84. The number of hydrogen-bond acceptors (Lipinski definition) is 6. The Morgan fingerprint density at radius 1 is 1.03 bits per heavy atom. The first-order valence-corrected chi connectivity index (χ1v) is 10.7. The summed E-state index contributed by atoms with van der Waals surface area (Å²) in [4.78, 5) is 24.8. The Bertz CT molecular complexity index is 1170. The molecule has 0 saturated heterocycles. The maximum Gasteiger partial charge on any atom is 0.360 e. The summed E-state index contributed by atoms with van der Waals surface area (Å²) in [6.45, 7) is 4.88. The molecule has 3 N–H and O–H groups in total. The number of sulfonamides is 1. The molecule has 0 unspecified atom stereocenters. The number of carbonyl (C=O) groups is 2. The van der Waals surface area contributed by atoms with E-state index in [9.17, 15) is 18.0 Å². The van der Waals surface area contributed by atoms with Crippen LogP contribution in [-0.4, -0.2) is 42.6 Å². The third-order valence-corrected chi connectivity index (χ3v) is 5.81. The molecular weight excluding hydrogens is 408 g/mol. The molecule has 9 nitrogen and oxygen atoms in total. The van der Waals surface area contributed by atoms with Crippen LogP contribution >= 0.6 is 0 Å². The number of nitrogens with one attached hydrogen (secondary N) is 3. The summed E-state index contributed by atoms with van der Waals surface area (Å²) in [7, 11) is -3.62. The highest BCUT2D eigenvalue weighted by Crippen LogP contribution is 2.18. The lowest BCUT2D eigenvalue weighted by Gasteiger charge is -2.14. The lowest BCUT2D eigenvalue weighted by Crippen LogP contribution is -2.31. The monoisotopic (exact) mass is 430 g/mol. The number of hydrogen-bond donors (Lipinski definition) is 3. The van der Waals surface area contributed by atoms with Gasteiger partial charge in [0, 0.05) is 17.1 Å². The molecule has 1 amide bonds.